The summed E-state index contributed by atoms with van der Waals surface area (Å²) < 4.78 is 87.5. The quantitative estimate of drug-likeness (QED) is 0.251. The summed E-state index contributed by atoms with van der Waals surface area (Å²) in [5.74, 6) is -2.42. The number of fused-ring (bicyclic) bond motifs is 5. The standard InChI is InChI=1S/C31H21F4NO3S/c1-19-14-16-21(17-15-19)40(38,39)36-28-23(11-7-13-25(28)32)27-26(20-8-3-2-4-9-20)22-10-5-6-12-24(22)30(27,29(36)37)18-31(33,34)35/h2-17H,18H2,1H3. The van der Waals surface area contributed by atoms with E-state index in [1.807, 2.05) is 0 Å². The second kappa shape index (κ2) is 8.89. The molecule has 1 amide bonds. The Morgan fingerprint density at radius 2 is 1.43 bits per heavy atom. The summed E-state index contributed by atoms with van der Waals surface area (Å²) in [5.41, 5.74) is -1.27. The number of carbonyl (C=O) groups is 1. The van der Waals surface area contributed by atoms with Crippen LogP contribution in [0, 0.1) is 12.7 Å². The summed E-state index contributed by atoms with van der Waals surface area (Å²) in [7, 11) is -4.83. The van der Waals surface area contributed by atoms with Crippen LogP contribution in [0.3, 0.4) is 0 Å². The van der Waals surface area contributed by atoms with Crippen LogP contribution in [0.25, 0.3) is 11.1 Å². The molecule has 1 unspecified atom stereocenters. The van der Waals surface area contributed by atoms with Gasteiger partial charge in [0.2, 0.25) is 0 Å². The summed E-state index contributed by atoms with van der Waals surface area (Å²) in [6.07, 6.45) is -6.55. The van der Waals surface area contributed by atoms with Crippen LogP contribution in [0.5, 0.6) is 0 Å². The zero-order valence-electron chi connectivity index (χ0n) is 21.0. The van der Waals surface area contributed by atoms with Gasteiger partial charge in [-0.3, -0.25) is 4.79 Å². The Balaban J connectivity index is 1.78. The number of sulfonamides is 1. The third-order valence-corrected chi connectivity index (χ3v) is 9.13. The molecule has 6 rings (SSSR count). The van der Waals surface area contributed by atoms with Crippen LogP contribution in [0.2, 0.25) is 0 Å². The van der Waals surface area contributed by atoms with E-state index in [0.29, 0.717) is 16.7 Å². The van der Waals surface area contributed by atoms with E-state index < -0.39 is 45.4 Å². The van der Waals surface area contributed by atoms with E-state index in [0.717, 1.165) is 11.6 Å². The van der Waals surface area contributed by atoms with Gasteiger partial charge in [-0.2, -0.15) is 17.5 Å². The molecule has 9 heteroatoms. The van der Waals surface area contributed by atoms with Gasteiger partial charge in [-0.1, -0.05) is 84.4 Å². The van der Waals surface area contributed by atoms with Crippen molar-refractivity contribution in [3.8, 4) is 0 Å². The average Bonchev–Trinajstić information content (AvgIpc) is 3.20. The van der Waals surface area contributed by atoms with Crippen LogP contribution < -0.4 is 4.31 Å². The molecular formula is C31H21F4NO3S. The smallest absolute Gasteiger partial charge is 0.272 e. The summed E-state index contributed by atoms with van der Waals surface area (Å²) in [6.45, 7) is 1.73. The fourth-order valence-electron chi connectivity index (χ4n) is 5.85. The first kappa shape index (κ1) is 26.0. The van der Waals surface area contributed by atoms with Gasteiger partial charge in [0.15, 0.2) is 0 Å². The van der Waals surface area contributed by atoms with Crippen molar-refractivity contribution in [3.05, 3.63) is 131 Å². The predicted molar refractivity (Wildman–Crippen MR) is 143 cm³/mol. The SMILES string of the molecule is Cc1ccc(S(=O)(=O)N2C(=O)C3(CC(F)(F)F)C(=C(c4ccccc4)c4ccccc43)c3cccc(F)c32)cc1. The number of benzene rings is 4. The average molecular weight is 564 g/mol. The van der Waals surface area contributed by atoms with Gasteiger partial charge in [0.05, 0.1) is 11.3 Å². The lowest BCUT2D eigenvalue weighted by Crippen LogP contribution is -2.54. The van der Waals surface area contributed by atoms with Crippen LogP contribution in [0.15, 0.2) is 102 Å². The number of hydrogen-bond donors (Lipinski definition) is 0. The maximum absolute atomic E-state index is 15.7. The van der Waals surface area contributed by atoms with Crippen molar-refractivity contribution < 1.29 is 30.8 Å². The third-order valence-electron chi connectivity index (χ3n) is 7.43. The van der Waals surface area contributed by atoms with Gasteiger partial charge in [-0.25, -0.2) is 12.8 Å². The van der Waals surface area contributed by atoms with E-state index in [2.05, 4.69) is 0 Å². The van der Waals surface area contributed by atoms with Crippen molar-refractivity contribution in [3.63, 3.8) is 0 Å². The lowest BCUT2D eigenvalue weighted by molar-refractivity contribution is -0.152. The Morgan fingerprint density at radius 1 is 0.800 bits per heavy atom. The molecule has 0 aromatic heterocycles. The molecule has 1 aliphatic heterocycles. The number of anilines is 1. The maximum atomic E-state index is 15.7. The van der Waals surface area contributed by atoms with Gasteiger partial charge >= 0.3 is 6.18 Å². The first-order valence-electron chi connectivity index (χ1n) is 12.4. The lowest BCUT2D eigenvalue weighted by Gasteiger charge is -2.42. The molecule has 4 nitrogen and oxygen atoms in total. The summed E-state index contributed by atoms with van der Waals surface area (Å²) >= 11 is 0. The second-order valence-corrected chi connectivity index (χ2v) is 11.7. The molecule has 1 aliphatic carbocycles. The zero-order chi connectivity index (χ0) is 28.4. The Hall–Kier alpha value is -4.24. The minimum Gasteiger partial charge on any atom is -0.272 e. The molecule has 2 aliphatic rings. The predicted octanol–water partition coefficient (Wildman–Crippen LogP) is 7.03. The number of carbonyl (C=O) groups excluding carboxylic acids is 1. The van der Waals surface area contributed by atoms with Crippen LogP contribution in [0.4, 0.5) is 23.2 Å². The van der Waals surface area contributed by atoms with Crippen molar-refractivity contribution in [1.82, 2.24) is 0 Å². The molecule has 202 valence electrons. The topological polar surface area (TPSA) is 54.5 Å². The van der Waals surface area contributed by atoms with E-state index in [1.165, 1.54) is 48.5 Å². The highest BCUT2D eigenvalue weighted by Crippen LogP contribution is 2.62. The molecule has 4 aromatic rings. The molecule has 0 radical (unpaired) electrons. The number of alkyl halides is 3. The van der Waals surface area contributed by atoms with E-state index in [4.69, 9.17) is 0 Å². The second-order valence-electron chi connectivity index (χ2n) is 9.88. The molecule has 40 heavy (non-hydrogen) atoms. The van der Waals surface area contributed by atoms with Gasteiger partial charge in [-0.05, 0) is 53.0 Å². The number of nitrogens with zero attached hydrogens (tertiary/aromatic N) is 1. The molecule has 0 saturated carbocycles. The number of hydrogen-bond acceptors (Lipinski definition) is 3. The Kier molecular flexibility index (Phi) is 5.78. The van der Waals surface area contributed by atoms with Crippen molar-refractivity contribution in [2.45, 2.75) is 29.8 Å². The van der Waals surface area contributed by atoms with Crippen LogP contribution in [-0.2, 0) is 20.2 Å². The summed E-state index contributed by atoms with van der Waals surface area (Å²) in [4.78, 5) is 14.3. The van der Waals surface area contributed by atoms with Crippen LogP contribution >= 0.6 is 0 Å². The molecule has 1 atom stereocenters. The minimum absolute atomic E-state index is 0.0187. The Labute approximate surface area is 228 Å². The van der Waals surface area contributed by atoms with E-state index in [1.54, 1.807) is 49.4 Å². The Bertz CT molecular complexity index is 1810. The number of rotatable bonds is 4. The molecule has 0 fully saturated rings. The molecule has 1 heterocycles. The van der Waals surface area contributed by atoms with Crippen molar-refractivity contribution in [1.29, 1.82) is 0 Å². The third kappa shape index (κ3) is 3.71. The summed E-state index contributed by atoms with van der Waals surface area (Å²) in [5, 5.41) is 0. The van der Waals surface area contributed by atoms with Crippen molar-refractivity contribution >= 4 is 32.8 Å². The number of aryl methyl sites for hydroxylation is 1. The lowest BCUT2D eigenvalue weighted by atomic mass is 9.68. The number of para-hydroxylation sites is 1. The minimum atomic E-state index is -4.88. The molecule has 0 bridgehead atoms. The molecule has 0 N–H and O–H groups in total. The number of amides is 1. The van der Waals surface area contributed by atoms with Gasteiger partial charge in [0.25, 0.3) is 15.9 Å². The monoisotopic (exact) mass is 563 g/mol. The van der Waals surface area contributed by atoms with Gasteiger partial charge in [-0.15, -0.1) is 0 Å². The highest BCUT2D eigenvalue weighted by atomic mass is 32.2. The molecule has 0 saturated heterocycles. The molecular weight excluding hydrogens is 542 g/mol. The normalized spacial score (nSPS) is 18.4. The molecule has 4 aromatic carbocycles. The van der Waals surface area contributed by atoms with Gasteiger partial charge in [0.1, 0.15) is 16.9 Å². The fourth-order valence-corrected chi connectivity index (χ4v) is 7.34. The first-order valence-corrected chi connectivity index (χ1v) is 13.8. The van der Waals surface area contributed by atoms with Gasteiger partial charge < -0.3 is 0 Å². The fraction of sp³-hybridized carbons (Fsp3) is 0.129. The first-order chi connectivity index (χ1) is 19.0. The summed E-state index contributed by atoms with van der Waals surface area (Å²) in [6, 6.07) is 23.9. The van der Waals surface area contributed by atoms with E-state index >= 15 is 4.39 Å². The van der Waals surface area contributed by atoms with Crippen LogP contribution in [-0.4, -0.2) is 20.5 Å². The molecule has 0 spiro atoms. The highest BCUT2D eigenvalue weighted by Gasteiger charge is 2.63. The number of halogens is 4. The van der Waals surface area contributed by atoms with Gasteiger partial charge in [0, 0.05) is 5.56 Å². The Morgan fingerprint density at radius 3 is 2.10 bits per heavy atom. The van der Waals surface area contributed by atoms with Crippen LogP contribution in [0.1, 0.15) is 34.2 Å². The zero-order valence-corrected chi connectivity index (χ0v) is 21.9. The van der Waals surface area contributed by atoms with E-state index in [9.17, 15) is 26.4 Å². The largest absolute Gasteiger partial charge is 0.390 e. The van der Waals surface area contributed by atoms with Crippen molar-refractivity contribution in [2.24, 2.45) is 0 Å². The highest BCUT2D eigenvalue weighted by molar-refractivity contribution is 7.93. The maximum Gasteiger partial charge on any atom is 0.390 e. The van der Waals surface area contributed by atoms with E-state index in [-0.39, 0.29) is 25.9 Å². The van der Waals surface area contributed by atoms with Crippen molar-refractivity contribution in [2.75, 3.05) is 4.31 Å².